The van der Waals surface area contributed by atoms with E-state index in [-0.39, 0.29) is 0 Å². The summed E-state index contributed by atoms with van der Waals surface area (Å²) in [7, 11) is 0. The molecule has 0 aromatic carbocycles. The first-order valence-corrected chi connectivity index (χ1v) is 6.36. The van der Waals surface area contributed by atoms with Crippen LogP contribution in [0.4, 0.5) is 0 Å². The first kappa shape index (κ1) is 12.8. The molecule has 0 aliphatic carbocycles. The minimum atomic E-state index is 0.541. The smallest absolute Gasteiger partial charge is 0.138 e. The van der Waals surface area contributed by atoms with Crippen LogP contribution in [-0.4, -0.2) is 14.5 Å². The number of aromatic nitrogens is 3. The maximum atomic E-state index is 5.75. The molecule has 0 aliphatic rings. The van der Waals surface area contributed by atoms with Gasteiger partial charge in [-0.1, -0.05) is 13.3 Å². The predicted molar refractivity (Wildman–Crippen MR) is 72.7 cm³/mol. The fraction of sp³-hybridized carbons (Fsp3) is 0.429. The van der Waals surface area contributed by atoms with E-state index in [9.17, 15) is 0 Å². The van der Waals surface area contributed by atoms with Crippen LogP contribution in [0.3, 0.4) is 0 Å². The molecule has 2 N–H and O–H groups in total. The van der Waals surface area contributed by atoms with Crippen LogP contribution in [-0.2, 0) is 13.0 Å². The number of nitrogens with two attached hydrogens (primary N) is 1. The maximum absolute atomic E-state index is 5.75. The van der Waals surface area contributed by atoms with Gasteiger partial charge < -0.3 is 5.73 Å². The molecule has 2 aromatic rings. The second kappa shape index (κ2) is 5.31. The summed E-state index contributed by atoms with van der Waals surface area (Å²) in [5.41, 5.74) is 10.1. The van der Waals surface area contributed by atoms with Crippen LogP contribution < -0.4 is 5.73 Å². The highest BCUT2D eigenvalue weighted by molar-refractivity contribution is 5.34. The monoisotopic (exact) mass is 244 g/mol. The largest absolute Gasteiger partial charge is 0.326 e. The molecule has 0 spiro atoms. The molecule has 0 saturated heterocycles. The van der Waals surface area contributed by atoms with E-state index in [0.717, 1.165) is 41.3 Å². The van der Waals surface area contributed by atoms with Gasteiger partial charge in [-0.3, -0.25) is 4.57 Å². The first-order valence-electron chi connectivity index (χ1n) is 6.36. The van der Waals surface area contributed by atoms with E-state index < -0.39 is 0 Å². The highest BCUT2D eigenvalue weighted by Gasteiger charge is 2.08. The summed E-state index contributed by atoms with van der Waals surface area (Å²) in [4.78, 5) is 9.00. The van der Waals surface area contributed by atoms with Gasteiger partial charge in [-0.2, -0.15) is 0 Å². The fourth-order valence-electron chi connectivity index (χ4n) is 1.99. The van der Waals surface area contributed by atoms with Gasteiger partial charge in [0.15, 0.2) is 0 Å². The number of hydrogen-bond acceptors (Lipinski definition) is 3. The van der Waals surface area contributed by atoms with E-state index in [0.29, 0.717) is 6.54 Å². The average Bonchev–Trinajstić information content (AvgIpc) is 2.70. The minimum absolute atomic E-state index is 0.541. The van der Waals surface area contributed by atoms with Crippen molar-refractivity contribution in [3.8, 4) is 5.82 Å². The van der Waals surface area contributed by atoms with Gasteiger partial charge in [0, 0.05) is 17.9 Å². The maximum Gasteiger partial charge on any atom is 0.138 e. The molecule has 96 valence electrons. The molecule has 0 aliphatic heterocycles. The second-order valence-corrected chi connectivity index (χ2v) is 4.56. The van der Waals surface area contributed by atoms with Crippen molar-refractivity contribution in [1.29, 1.82) is 0 Å². The summed E-state index contributed by atoms with van der Waals surface area (Å²) in [6, 6.07) is 4.12. The topological polar surface area (TPSA) is 56.7 Å². The zero-order valence-corrected chi connectivity index (χ0v) is 11.3. The van der Waals surface area contributed by atoms with E-state index in [1.165, 1.54) is 0 Å². The normalized spacial score (nSPS) is 10.9. The zero-order chi connectivity index (χ0) is 13.1. The van der Waals surface area contributed by atoms with E-state index in [2.05, 4.69) is 29.9 Å². The molecule has 2 heterocycles. The van der Waals surface area contributed by atoms with Crippen LogP contribution in [0.2, 0.25) is 0 Å². The Hall–Kier alpha value is -1.68. The lowest BCUT2D eigenvalue weighted by Gasteiger charge is -2.09. The van der Waals surface area contributed by atoms with Gasteiger partial charge >= 0.3 is 0 Å². The number of pyridine rings is 1. The van der Waals surface area contributed by atoms with Gasteiger partial charge in [0.2, 0.25) is 0 Å². The standard InChI is InChI=1S/C14H20N4/c1-4-5-13-6-12(8-15)7-14(17-13)18-9-16-10(2)11(18)3/h6-7,9H,4-5,8,15H2,1-3H3. The van der Waals surface area contributed by atoms with Gasteiger partial charge in [-0.05, 0) is 38.0 Å². The highest BCUT2D eigenvalue weighted by Crippen LogP contribution is 2.15. The molecule has 2 aromatic heterocycles. The van der Waals surface area contributed by atoms with Gasteiger partial charge in [-0.25, -0.2) is 9.97 Å². The van der Waals surface area contributed by atoms with Crippen LogP contribution in [0.25, 0.3) is 5.82 Å². The van der Waals surface area contributed by atoms with Crippen molar-refractivity contribution < 1.29 is 0 Å². The number of imidazole rings is 1. The molecule has 0 saturated carbocycles. The lowest BCUT2D eigenvalue weighted by molar-refractivity contribution is 0.846. The van der Waals surface area contributed by atoms with Crippen molar-refractivity contribution in [2.24, 2.45) is 5.73 Å². The molecule has 2 rings (SSSR count). The zero-order valence-electron chi connectivity index (χ0n) is 11.3. The molecule has 0 amide bonds. The number of aryl methyl sites for hydroxylation is 2. The Morgan fingerprint density at radius 2 is 2.06 bits per heavy atom. The molecule has 0 unspecified atom stereocenters. The third-order valence-electron chi connectivity index (χ3n) is 3.17. The van der Waals surface area contributed by atoms with E-state index in [1.807, 2.05) is 23.9 Å². The Balaban J connectivity index is 2.49. The Labute approximate surface area is 108 Å². The number of rotatable bonds is 4. The minimum Gasteiger partial charge on any atom is -0.326 e. The van der Waals surface area contributed by atoms with Crippen LogP contribution in [0.5, 0.6) is 0 Å². The van der Waals surface area contributed by atoms with E-state index in [4.69, 9.17) is 5.73 Å². The summed E-state index contributed by atoms with van der Waals surface area (Å²) in [6.45, 7) is 6.76. The third kappa shape index (κ3) is 2.43. The molecule has 4 heteroatoms. The Bertz CT molecular complexity index is 543. The molecular weight excluding hydrogens is 224 g/mol. The third-order valence-corrected chi connectivity index (χ3v) is 3.17. The van der Waals surface area contributed by atoms with Crippen molar-refractivity contribution in [2.75, 3.05) is 0 Å². The molecular formula is C14H20N4. The number of nitrogens with zero attached hydrogens (tertiary/aromatic N) is 3. The summed E-state index contributed by atoms with van der Waals surface area (Å²) < 4.78 is 2.02. The van der Waals surface area contributed by atoms with Crippen molar-refractivity contribution in [3.63, 3.8) is 0 Å². The number of hydrogen-bond donors (Lipinski definition) is 1. The fourth-order valence-corrected chi connectivity index (χ4v) is 1.99. The first-order chi connectivity index (χ1) is 8.65. The van der Waals surface area contributed by atoms with E-state index >= 15 is 0 Å². The quantitative estimate of drug-likeness (QED) is 0.897. The van der Waals surface area contributed by atoms with Gasteiger partial charge in [0.1, 0.15) is 12.1 Å². The average molecular weight is 244 g/mol. The van der Waals surface area contributed by atoms with Crippen LogP contribution >= 0.6 is 0 Å². The Kier molecular flexibility index (Phi) is 3.77. The van der Waals surface area contributed by atoms with Crippen molar-refractivity contribution in [3.05, 3.63) is 41.1 Å². The lowest BCUT2D eigenvalue weighted by atomic mass is 10.1. The van der Waals surface area contributed by atoms with Gasteiger partial charge in [0.05, 0.1) is 5.69 Å². The summed E-state index contributed by atoms with van der Waals surface area (Å²) in [5.74, 6) is 0.916. The molecule has 0 bridgehead atoms. The van der Waals surface area contributed by atoms with Gasteiger partial charge in [0.25, 0.3) is 0 Å². The lowest BCUT2D eigenvalue weighted by Crippen LogP contribution is -2.06. The molecule has 0 fully saturated rings. The van der Waals surface area contributed by atoms with Crippen LogP contribution in [0.1, 0.15) is 36.0 Å². The van der Waals surface area contributed by atoms with E-state index in [1.54, 1.807) is 0 Å². The van der Waals surface area contributed by atoms with Crippen LogP contribution in [0.15, 0.2) is 18.5 Å². The molecule has 0 radical (unpaired) electrons. The summed E-state index contributed by atoms with van der Waals surface area (Å²) in [5, 5.41) is 0. The molecule has 18 heavy (non-hydrogen) atoms. The summed E-state index contributed by atoms with van der Waals surface area (Å²) >= 11 is 0. The van der Waals surface area contributed by atoms with Gasteiger partial charge in [-0.15, -0.1) is 0 Å². The Morgan fingerprint density at radius 3 is 2.61 bits per heavy atom. The highest BCUT2D eigenvalue weighted by atomic mass is 15.1. The Morgan fingerprint density at radius 1 is 1.28 bits per heavy atom. The second-order valence-electron chi connectivity index (χ2n) is 4.56. The van der Waals surface area contributed by atoms with Crippen LogP contribution in [0, 0.1) is 13.8 Å². The SMILES string of the molecule is CCCc1cc(CN)cc(-n2cnc(C)c2C)n1. The summed E-state index contributed by atoms with van der Waals surface area (Å²) in [6.07, 6.45) is 3.89. The van der Waals surface area contributed by atoms with Crippen molar-refractivity contribution >= 4 is 0 Å². The predicted octanol–water partition coefficient (Wildman–Crippen LogP) is 2.30. The van der Waals surface area contributed by atoms with Crippen molar-refractivity contribution in [1.82, 2.24) is 14.5 Å². The molecule has 4 nitrogen and oxygen atoms in total. The van der Waals surface area contributed by atoms with Crippen molar-refractivity contribution in [2.45, 2.75) is 40.2 Å². The molecule has 0 atom stereocenters.